The van der Waals surface area contributed by atoms with Gasteiger partial charge in [0, 0.05) is 49.1 Å². The summed E-state index contributed by atoms with van der Waals surface area (Å²) in [7, 11) is 6.22. The number of benzene rings is 2. The molecule has 0 aliphatic carbocycles. The maximum Gasteiger partial charge on any atom is 0.313 e. The van der Waals surface area contributed by atoms with Crippen molar-refractivity contribution in [3.8, 4) is 5.75 Å². The molecule has 1 aliphatic heterocycles. The van der Waals surface area contributed by atoms with E-state index in [9.17, 15) is 32.3 Å². The number of nitrogens with zero attached hydrogens (tertiary/aromatic N) is 4. The molecule has 1 atom stereocenters. The first-order valence-electron chi connectivity index (χ1n) is 26.6. The molecule has 2 aromatic carbocycles. The highest BCUT2D eigenvalue weighted by molar-refractivity contribution is 7.13. The molecule has 0 radical (unpaired) electrons. The normalized spacial score (nSPS) is 13.0. The Hall–Kier alpha value is -4.47. The number of aliphatic hydroxyl groups excluding tert-OH is 1. The topological polar surface area (TPSA) is 195 Å². The monoisotopic (exact) mass is 1130 g/mol. The number of fused-ring (bicyclic) bond motifs is 1. The van der Waals surface area contributed by atoms with Gasteiger partial charge in [0.25, 0.3) is 5.91 Å². The number of carbonyl (C=O) groups excluding carboxylic acids is 2. The lowest BCUT2D eigenvalue weighted by Crippen LogP contribution is -2.33. The van der Waals surface area contributed by atoms with Gasteiger partial charge in [0.15, 0.2) is 17.9 Å². The van der Waals surface area contributed by atoms with Crippen molar-refractivity contribution in [2.45, 2.75) is 71.2 Å². The molecule has 0 saturated carbocycles. The van der Waals surface area contributed by atoms with Gasteiger partial charge in [-0.1, -0.05) is 37.6 Å². The number of nitrogens with two attached hydrogens (primary N) is 1. The first kappa shape index (κ1) is 66.0. The van der Waals surface area contributed by atoms with E-state index >= 15 is 0 Å². The van der Waals surface area contributed by atoms with Crippen LogP contribution in [0.25, 0.3) is 6.08 Å². The zero-order valence-electron chi connectivity index (χ0n) is 45.8. The van der Waals surface area contributed by atoms with Crippen molar-refractivity contribution in [1.82, 2.24) is 14.7 Å². The van der Waals surface area contributed by atoms with E-state index < -0.39 is 54.3 Å². The number of ether oxygens (including phenoxy) is 10. The minimum absolute atomic E-state index is 0.00818. The van der Waals surface area contributed by atoms with Crippen LogP contribution >= 0.6 is 11.3 Å². The second-order valence-electron chi connectivity index (χ2n) is 18.5. The SMILES string of the molecule is CCCN(Cc1ccc(CN(C)C)cc1)C(=O)C1=Cc2sc(CCCCCN(C)CCOCCOCCOCCOCCOCCOCCOCCOC(CO)OCCC(=O)Oc3c(F)c(F)cc(F)c3F)cc2N=C(N)C1. The summed E-state index contributed by atoms with van der Waals surface area (Å²) < 4.78 is 108. The molecule has 0 saturated heterocycles. The first-order chi connectivity index (χ1) is 37.8. The molecule has 1 aliphatic rings. The molecule has 78 heavy (non-hydrogen) atoms. The van der Waals surface area contributed by atoms with E-state index in [1.165, 1.54) is 10.4 Å². The minimum atomic E-state index is -1.84. The fourth-order valence-electron chi connectivity index (χ4n) is 7.64. The van der Waals surface area contributed by atoms with Crippen LogP contribution in [0, 0.1) is 23.3 Å². The number of rotatable bonds is 44. The molecule has 23 heteroatoms. The third kappa shape index (κ3) is 26.7. The van der Waals surface area contributed by atoms with Crippen molar-refractivity contribution in [2.75, 3.05) is 153 Å². The Balaban J connectivity index is 0.887. The number of thiophene rings is 1. The second-order valence-corrected chi connectivity index (χ2v) is 19.6. The van der Waals surface area contributed by atoms with E-state index in [2.05, 4.69) is 72.9 Å². The lowest BCUT2D eigenvalue weighted by Gasteiger charge is -2.24. The number of aliphatic hydroxyl groups is 1. The van der Waals surface area contributed by atoms with Gasteiger partial charge in [0.1, 0.15) is 5.84 Å². The molecule has 1 amide bonds. The smallest absolute Gasteiger partial charge is 0.313 e. The number of aryl methyl sites for hydroxylation is 1. The highest BCUT2D eigenvalue weighted by Gasteiger charge is 2.25. The third-order valence-electron chi connectivity index (χ3n) is 11.6. The van der Waals surface area contributed by atoms with E-state index in [0.29, 0.717) is 110 Å². The molecule has 3 N–H and O–H groups in total. The van der Waals surface area contributed by atoms with Gasteiger partial charge in [0.2, 0.25) is 17.4 Å². The van der Waals surface area contributed by atoms with Gasteiger partial charge in [-0.15, -0.1) is 11.3 Å². The molecular formula is C55H81F4N5O13S. The van der Waals surface area contributed by atoms with Crippen LogP contribution in [0.4, 0.5) is 23.2 Å². The highest BCUT2D eigenvalue weighted by Crippen LogP contribution is 2.36. The summed E-state index contributed by atoms with van der Waals surface area (Å²) in [5.74, 6) is -9.35. The summed E-state index contributed by atoms with van der Waals surface area (Å²) in [6.07, 6.45) is 5.76. The molecule has 2 heterocycles. The molecule has 0 fully saturated rings. The Bertz CT molecular complexity index is 2220. The molecular weight excluding hydrogens is 1050 g/mol. The average molecular weight is 1130 g/mol. The molecule has 1 unspecified atom stereocenters. The summed E-state index contributed by atoms with van der Waals surface area (Å²) in [5, 5.41) is 9.39. The summed E-state index contributed by atoms with van der Waals surface area (Å²) in [5.41, 5.74) is 10.3. The predicted octanol–water partition coefficient (Wildman–Crippen LogP) is 6.69. The van der Waals surface area contributed by atoms with Gasteiger partial charge in [-0.3, -0.25) is 9.59 Å². The summed E-state index contributed by atoms with van der Waals surface area (Å²) in [6, 6.07) is 10.6. The van der Waals surface area contributed by atoms with Crippen molar-refractivity contribution in [2.24, 2.45) is 10.7 Å². The number of hydrogen-bond acceptors (Lipinski definition) is 18. The number of likely N-dealkylation sites (N-methyl/N-ethyl adjacent to an activating group) is 1. The molecule has 0 bridgehead atoms. The predicted molar refractivity (Wildman–Crippen MR) is 288 cm³/mol. The number of amidine groups is 1. The van der Waals surface area contributed by atoms with Crippen molar-refractivity contribution >= 4 is 40.8 Å². The van der Waals surface area contributed by atoms with E-state index in [0.717, 1.165) is 67.9 Å². The number of carbonyl (C=O) groups is 2. The standard InChI is InChI=1S/C55H81F4N5O13S/c1-5-15-64(39-42-12-10-41(11-13-42)38-62(2)3)55(67)43-34-48-47(61-49(60)35-43)36-44(78-48)9-7-6-8-16-63(4)17-19-68-20-21-69-22-23-70-24-25-71-26-27-72-28-29-73-30-31-74-32-33-76-51(40-65)75-18-14-50(66)77-54-52(58)45(56)37-46(57)53(54)59/h10-13,34,36-37,51,65H,5-9,14-33,35,38-40H2,1-4H3,(H2,60,61). The Morgan fingerprint density at radius 3 is 1.74 bits per heavy atom. The van der Waals surface area contributed by atoms with Crippen molar-refractivity contribution in [3.05, 3.63) is 86.1 Å². The Labute approximate surface area is 460 Å². The molecule has 18 nitrogen and oxygen atoms in total. The minimum Gasteiger partial charge on any atom is -0.420 e. The van der Waals surface area contributed by atoms with Gasteiger partial charge in [0.05, 0.1) is 129 Å². The number of halogens is 4. The van der Waals surface area contributed by atoms with Crippen molar-refractivity contribution < 1.29 is 79.6 Å². The number of amides is 1. The van der Waals surface area contributed by atoms with Crippen molar-refractivity contribution in [1.29, 1.82) is 0 Å². The summed E-state index contributed by atoms with van der Waals surface area (Å²) in [6.45, 7) is 10.8. The second kappa shape index (κ2) is 39.0. The lowest BCUT2D eigenvalue weighted by atomic mass is 10.1. The molecule has 3 aromatic rings. The average Bonchev–Trinajstić information content (AvgIpc) is 3.76. The maximum atomic E-state index is 13.9. The van der Waals surface area contributed by atoms with Crippen LogP contribution in [0.3, 0.4) is 0 Å². The Morgan fingerprint density at radius 1 is 0.679 bits per heavy atom. The van der Waals surface area contributed by atoms with Crippen LogP contribution in [0.2, 0.25) is 0 Å². The third-order valence-corrected chi connectivity index (χ3v) is 12.7. The zero-order valence-corrected chi connectivity index (χ0v) is 46.6. The van der Waals surface area contributed by atoms with Crippen LogP contribution in [0.1, 0.15) is 66.3 Å². The fourth-order valence-corrected chi connectivity index (χ4v) is 8.75. The van der Waals surface area contributed by atoms with E-state index in [1.807, 2.05) is 11.0 Å². The van der Waals surface area contributed by atoms with Gasteiger partial charge in [-0.05, 0) is 76.6 Å². The number of unbranched alkanes of at least 4 members (excludes halogenated alkanes) is 2. The number of esters is 1. The lowest BCUT2D eigenvalue weighted by molar-refractivity contribution is -0.173. The van der Waals surface area contributed by atoms with Crippen LogP contribution in [-0.4, -0.2) is 197 Å². The van der Waals surface area contributed by atoms with Crippen LogP contribution in [0.5, 0.6) is 5.75 Å². The van der Waals surface area contributed by atoms with Gasteiger partial charge in [-0.25, -0.2) is 13.8 Å². The summed E-state index contributed by atoms with van der Waals surface area (Å²) >= 11 is 1.71. The largest absolute Gasteiger partial charge is 0.420 e. The number of aliphatic imine (C=N–C) groups is 1. The quantitative estimate of drug-likeness (QED) is 0.0152. The van der Waals surface area contributed by atoms with Crippen LogP contribution in [-0.2, 0) is 71.7 Å². The molecule has 1 aromatic heterocycles. The van der Waals surface area contributed by atoms with E-state index in [-0.39, 0.29) is 38.4 Å². The van der Waals surface area contributed by atoms with E-state index in [4.69, 9.17) is 53.4 Å². The maximum absolute atomic E-state index is 13.9. The first-order valence-corrected chi connectivity index (χ1v) is 27.4. The highest BCUT2D eigenvalue weighted by atomic mass is 32.1. The van der Waals surface area contributed by atoms with Crippen LogP contribution in [0.15, 0.2) is 47.0 Å². The zero-order chi connectivity index (χ0) is 56.3. The van der Waals surface area contributed by atoms with Crippen molar-refractivity contribution in [3.63, 3.8) is 0 Å². The Morgan fingerprint density at radius 2 is 1.21 bits per heavy atom. The van der Waals surface area contributed by atoms with E-state index in [1.54, 1.807) is 11.3 Å². The molecule has 4 rings (SSSR count). The van der Waals surface area contributed by atoms with Gasteiger partial charge < -0.3 is 72.9 Å². The van der Waals surface area contributed by atoms with Gasteiger partial charge in [-0.2, -0.15) is 8.78 Å². The van der Waals surface area contributed by atoms with Gasteiger partial charge >= 0.3 is 5.97 Å². The summed E-state index contributed by atoms with van der Waals surface area (Å²) in [4.78, 5) is 39.0. The fraction of sp³-hybridized carbons (Fsp3) is 0.618. The molecule has 438 valence electrons. The Kier molecular flexibility index (Phi) is 33.0. The molecule has 0 spiro atoms. The number of hydrogen-bond donors (Lipinski definition) is 2. The van der Waals surface area contributed by atoms with Crippen LogP contribution < -0.4 is 10.5 Å².